The molecular formula is C15H30N2O6Si. The summed E-state index contributed by atoms with van der Waals surface area (Å²) in [5, 5.41) is 25.4. The lowest BCUT2D eigenvalue weighted by Gasteiger charge is -2.45. The minimum Gasteiger partial charge on any atom is -0.394 e. The third-order valence-electron chi connectivity index (χ3n) is 4.22. The Balaban J connectivity index is 3.03. The van der Waals surface area contributed by atoms with Crippen molar-refractivity contribution in [3.8, 4) is 0 Å². The number of rotatable bonds is 6. The molecule has 9 heteroatoms. The van der Waals surface area contributed by atoms with Crippen molar-refractivity contribution in [3.63, 3.8) is 0 Å². The van der Waals surface area contributed by atoms with Crippen LogP contribution in [0.3, 0.4) is 0 Å². The number of hydrogen-bond donors (Lipinski definition) is 4. The Hall–Kier alpha value is -1.00. The largest absolute Gasteiger partial charge is 0.394 e. The van der Waals surface area contributed by atoms with Gasteiger partial charge >= 0.3 is 0 Å². The molecule has 0 bridgehead atoms. The number of hydrogen-bond acceptors (Lipinski definition) is 6. The topological polar surface area (TPSA) is 117 Å². The molecule has 0 spiro atoms. The van der Waals surface area contributed by atoms with Gasteiger partial charge < -0.3 is 30.3 Å². The molecule has 6 atom stereocenters. The number of carbonyl (C=O) groups is 2. The van der Waals surface area contributed by atoms with E-state index in [9.17, 15) is 19.8 Å². The highest BCUT2D eigenvalue weighted by Crippen LogP contribution is 2.25. The van der Waals surface area contributed by atoms with Crippen LogP contribution in [-0.4, -0.2) is 73.0 Å². The lowest BCUT2D eigenvalue weighted by atomic mass is 9.94. The molecule has 140 valence electrons. The molecule has 0 aromatic heterocycles. The summed E-state index contributed by atoms with van der Waals surface area (Å²) in [5.74, 6) is -0.710. The highest BCUT2D eigenvalue weighted by atomic mass is 28.3. The predicted molar refractivity (Wildman–Crippen MR) is 90.9 cm³/mol. The molecule has 1 saturated heterocycles. The van der Waals surface area contributed by atoms with E-state index in [0.717, 1.165) is 0 Å². The van der Waals surface area contributed by atoms with E-state index in [1.807, 2.05) is 6.92 Å². The predicted octanol–water partition coefficient (Wildman–Crippen LogP) is -0.644. The van der Waals surface area contributed by atoms with Gasteiger partial charge in [-0.15, -0.1) is 0 Å². The Labute approximate surface area is 143 Å². The van der Waals surface area contributed by atoms with E-state index in [-0.39, 0.29) is 17.5 Å². The Kier molecular flexibility index (Phi) is 7.36. The first-order chi connectivity index (χ1) is 11.0. The minimum atomic E-state index is -1.64. The smallest absolute Gasteiger partial charge is 0.217 e. The third-order valence-corrected chi connectivity index (χ3v) is 6.79. The number of amides is 2. The molecule has 1 heterocycles. The fourth-order valence-electron chi connectivity index (χ4n) is 2.43. The SMILES string of the molecule is CC(=O)N[C@@H]1[C@H](OC(C)[Si](C)(C)C)O[C@H](CO)[C@@H](NC(C)=O)[C@@H]1O. The number of nitrogens with one attached hydrogen (secondary N) is 2. The van der Waals surface area contributed by atoms with Gasteiger partial charge in [0.2, 0.25) is 11.8 Å². The van der Waals surface area contributed by atoms with E-state index in [4.69, 9.17) is 9.47 Å². The lowest BCUT2D eigenvalue weighted by molar-refractivity contribution is -0.251. The molecule has 2 amide bonds. The van der Waals surface area contributed by atoms with Crippen molar-refractivity contribution in [2.75, 3.05) is 6.61 Å². The molecule has 1 aliphatic heterocycles. The fourth-order valence-corrected chi connectivity index (χ4v) is 2.97. The van der Waals surface area contributed by atoms with Crippen LogP contribution in [0.4, 0.5) is 0 Å². The van der Waals surface area contributed by atoms with Crippen LogP contribution in [0.5, 0.6) is 0 Å². The first-order valence-electron chi connectivity index (χ1n) is 8.11. The maximum absolute atomic E-state index is 11.5. The summed E-state index contributed by atoms with van der Waals surface area (Å²) in [7, 11) is -1.64. The van der Waals surface area contributed by atoms with Gasteiger partial charge in [0.05, 0.1) is 20.7 Å². The standard InChI is InChI=1S/C15H30N2O6Si/c1-8(19)16-12-11(7-18)23-15(22-10(3)24(4,5)6)13(14(12)21)17-9(2)20/h10-15,18,21H,7H2,1-6H3,(H,16,19)(H,17,20)/t10?,11-,12-,13+,14+,15-/m1/s1. The summed E-state index contributed by atoms with van der Waals surface area (Å²) in [5.41, 5.74) is -0.0948. The Bertz CT molecular complexity index is 456. The number of aliphatic hydroxyl groups excluding tert-OH is 2. The van der Waals surface area contributed by atoms with Crippen LogP contribution in [0.25, 0.3) is 0 Å². The first kappa shape index (κ1) is 21.0. The molecule has 0 aliphatic carbocycles. The highest BCUT2D eigenvalue weighted by molar-refractivity contribution is 6.77. The average molecular weight is 362 g/mol. The molecule has 0 aromatic rings. The van der Waals surface area contributed by atoms with Crippen LogP contribution in [-0.2, 0) is 19.1 Å². The molecule has 1 rings (SSSR count). The molecular weight excluding hydrogens is 332 g/mol. The van der Waals surface area contributed by atoms with E-state index in [1.165, 1.54) is 13.8 Å². The van der Waals surface area contributed by atoms with Crippen LogP contribution < -0.4 is 10.6 Å². The molecule has 24 heavy (non-hydrogen) atoms. The summed E-state index contributed by atoms with van der Waals surface area (Å²) in [6.07, 6.45) is -2.89. The van der Waals surface area contributed by atoms with E-state index < -0.39 is 45.3 Å². The zero-order valence-corrected chi connectivity index (χ0v) is 16.2. The Morgan fingerprint density at radius 3 is 2.08 bits per heavy atom. The quantitative estimate of drug-likeness (QED) is 0.467. The van der Waals surface area contributed by atoms with E-state index in [0.29, 0.717) is 0 Å². The minimum absolute atomic E-state index is 0.0948. The molecule has 1 unspecified atom stereocenters. The van der Waals surface area contributed by atoms with Gasteiger partial charge in [0, 0.05) is 19.6 Å². The maximum atomic E-state index is 11.5. The molecule has 1 aliphatic rings. The van der Waals surface area contributed by atoms with Crippen LogP contribution in [0.1, 0.15) is 20.8 Å². The van der Waals surface area contributed by atoms with E-state index >= 15 is 0 Å². The van der Waals surface area contributed by atoms with Crippen molar-refractivity contribution in [2.24, 2.45) is 0 Å². The zero-order valence-electron chi connectivity index (χ0n) is 15.2. The maximum Gasteiger partial charge on any atom is 0.217 e. The first-order valence-corrected chi connectivity index (χ1v) is 11.7. The molecule has 4 N–H and O–H groups in total. The van der Waals surface area contributed by atoms with Gasteiger partial charge in [-0.1, -0.05) is 19.6 Å². The summed E-state index contributed by atoms with van der Waals surface area (Å²) in [6, 6.07) is -1.69. The summed E-state index contributed by atoms with van der Waals surface area (Å²) in [6.45, 7) is 10.6. The Morgan fingerprint density at radius 2 is 1.67 bits per heavy atom. The van der Waals surface area contributed by atoms with Gasteiger partial charge in [0.25, 0.3) is 0 Å². The normalized spacial score (nSPS) is 32.1. The van der Waals surface area contributed by atoms with Crippen molar-refractivity contribution < 1.29 is 29.3 Å². The highest BCUT2D eigenvalue weighted by Gasteiger charge is 2.47. The molecule has 0 radical (unpaired) electrons. The molecule has 8 nitrogen and oxygen atoms in total. The third kappa shape index (κ3) is 5.52. The monoisotopic (exact) mass is 362 g/mol. The fraction of sp³-hybridized carbons (Fsp3) is 0.867. The van der Waals surface area contributed by atoms with Gasteiger partial charge in [-0.05, 0) is 6.92 Å². The molecule has 1 fully saturated rings. The van der Waals surface area contributed by atoms with E-state index in [1.54, 1.807) is 0 Å². The van der Waals surface area contributed by atoms with Crippen molar-refractivity contribution in [1.82, 2.24) is 10.6 Å². The van der Waals surface area contributed by atoms with Crippen LogP contribution in [0.15, 0.2) is 0 Å². The van der Waals surface area contributed by atoms with Crippen molar-refractivity contribution in [1.29, 1.82) is 0 Å². The van der Waals surface area contributed by atoms with Crippen LogP contribution in [0, 0.1) is 0 Å². The zero-order chi connectivity index (χ0) is 18.7. The van der Waals surface area contributed by atoms with Gasteiger partial charge in [-0.2, -0.15) is 0 Å². The average Bonchev–Trinajstić information content (AvgIpc) is 2.43. The number of carbonyl (C=O) groups excluding carboxylic acids is 2. The van der Waals surface area contributed by atoms with Gasteiger partial charge in [-0.3, -0.25) is 9.59 Å². The Morgan fingerprint density at radius 1 is 1.17 bits per heavy atom. The second kappa shape index (κ2) is 8.39. The lowest BCUT2D eigenvalue weighted by Crippen LogP contribution is -2.69. The molecule has 0 saturated carbocycles. The van der Waals surface area contributed by atoms with E-state index in [2.05, 4.69) is 30.3 Å². The van der Waals surface area contributed by atoms with Crippen molar-refractivity contribution >= 4 is 19.9 Å². The number of ether oxygens (including phenoxy) is 2. The van der Waals surface area contributed by atoms with Crippen molar-refractivity contribution in [3.05, 3.63) is 0 Å². The number of aliphatic hydroxyl groups is 2. The summed E-state index contributed by atoms with van der Waals surface area (Å²) in [4.78, 5) is 22.9. The summed E-state index contributed by atoms with van der Waals surface area (Å²) >= 11 is 0. The summed E-state index contributed by atoms with van der Waals surface area (Å²) < 4.78 is 11.7. The van der Waals surface area contributed by atoms with Gasteiger partial charge in [0.1, 0.15) is 18.2 Å². The van der Waals surface area contributed by atoms with Crippen LogP contribution in [0.2, 0.25) is 19.6 Å². The van der Waals surface area contributed by atoms with Gasteiger partial charge in [0.15, 0.2) is 6.29 Å². The van der Waals surface area contributed by atoms with Crippen molar-refractivity contribution in [2.45, 2.75) is 76.7 Å². The van der Waals surface area contributed by atoms with Gasteiger partial charge in [-0.25, -0.2) is 0 Å². The second-order valence-electron chi connectivity index (χ2n) is 7.31. The van der Waals surface area contributed by atoms with Crippen LogP contribution >= 0.6 is 0 Å². The second-order valence-corrected chi connectivity index (χ2v) is 12.9. The molecule has 0 aromatic carbocycles.